The molecule has 0 saturated heterocycles. The van der Waals surface area contributed by atoms with Crippen LogP contribution in [-0.2, 0) is 25.7 Å². The molecule has 0 amide bonds. The van der Waals surface area contributed by atoms with E-state index in [1.54, 1.807) is 18.5 Å². The predicted molar refractivity (Wildman–Crippen MR) is 133 cm³/mol. The van der Waals surface area contributed by atoms with Gasteiger partial charge in [-0.05, 0) is 59.9 Å². The summed E-state index contributed by atoms with van der Waals surface area (Å²) in [5.74, 6) is 0.770. The van der Waals surface area contributed by atoms with Crippen LogP contribution in [0.25, 0.3) is 10.8 Å². The van der Waals surface area contributed by atoms with Crippen molar-refractivity contribution in [2.45, 2.75) is 45.4 Å². The van der Waals surface area contributed by atoms with E-state index >= 15 is 4.39 Å². The predicted octanol–water partition coefficient (Wildman–Crippen LogP) is 7.31. The standard InChI is InChI=1S/C28H27ClF2N2O/c1-2-3-14-34-23-17-32-27(33-18-23)13-7-19-5-11-24-22(15-19)10-9-21(28(24)31)8-4-20-6-12-25(29)26(30)16-20/h5-6,9-12,15-18H,2-4,7-8,13-14H2,1H3. The number of rotatable bonds is 10. The molecule has 4 aromatic rings. The molecule has 0 fully saturated rings. The molecule has 34 heavy (non-hydrogen) atoms. The van der Waals surface area contributed by atoms with Crippen molar-refractivity contribution in [3.05, 3.63) is 100 Å². The number of nitrogens with zero attached hydrogens (tertiary/aromatic N) is 2. The molecule has 0 bridgehead atoms. The molecule has 176 valence electrons. The van der Waals surface area contributed by atoms with Crippen molar-refractivity contribution in [2.75, 3.05) is 6.61 Å². The van der Waals surface area contributed by atoms with E-state index in [1.165, 1.54) is 12.1 Å². The summed E-state index contributed by atoms with van der Waals surface area (Å²) in [6.45, 7) is 2.80. The Kier molecular flexibility index (Phi) is 8.07. The molecule has 0 unspecified atom stereocenters. The van der Waals surface area contributed by atoms with E-state index < -0.39 is 5.82 Å². The number of ether oxygens (including phenoxy) is 1. The van der Waals surface area contributed by atoms with Gasteiger partial charge in [-0.1, -0.05) is 61.3 Å². The average molecular weight is 481 g/mol. The molecule has 0 radical (unpaired) electrons. The third kappa shape index (κ3) is 6.09. The SMILES string of the molecule is CCCCOc1cnc(CCc2ccc3c(F)c(CCc4ccc(Cl)c(F)c4)ccc3c2)nc1. The van der Waals surface area contributed by atoms with Gasteiger partial charge in [-0.3, -0.25) is 0 Å². The van der Waals surface area contributed by atoms with Crippen molar-refractivity contribution in [3.63, 3.8) is 0 Å². The number of halogens is 3. The number of hydrogen-bond acceptors (Lipinski definition) is 3. The second-order valence-electron chi connectivity index (χ2n) is 8.38. The molecule has 1 heterocycles. The minimum Gasteiger partial charge on any atom is -0.490 e. The molecule has 0 aliphatic rings. The Hall–Kier alpha value is -3.05. The number of hydrogen-bond donors (Lipinski definition) is 0. The van der Waals surface area contributed by atoms with Gasteiger partial charge in [0.1, 0.15) is 17.5 Å². The van der Waals surface area contributed by atoms with Gasteiger partial charge >= 0.3 is 0 Å². The molecule has 0 saturated carbocycles. The van der Waals surface area contributed by atoms with Gasteiger partial charge in [0, 0.05) is 11.8 Å². The van der Waals surface area contributed by atoms with E-state index in [-0.39, 0.29) is 10.8 Å². The number of aromatic nitrogens is 2. The lowest BCUT2D eigenvalue weighted by Crippen LogP contribution is -2.01. The van der Waals surface area contributed by atoms with E-state index in [2.05, 4.69) is 16.9 Å². The van der Waals surface area contributed by atoms with Crippen LogP contribution in [0, 0.1) is 11.6 Å². The Morgan fingerprint density at radius 2 is 1.59 bits per heavy atom. The quantitative estimate of drug-likeness (QED) is 0.223. The summed E-state index contributed by atoms with van der Waals surface area (Å²) in [4.78, 5) is 8.78. The highest BCUT2D eigenvalue weighted by molar-refractivity contribution is 6.30. The maximum Gasteiger partial charge on any atom is 0.155 e. The van der Waals surface area contributed by atoms with Crippen molar-refractivity contribution in [1.29, 1.82) is 0 Å². The smallest absolute Gasteiger partial charge is 0.155 e. The Bertz CT molecular complexity index is 1260. The molecule has 0 spiro atoms. The van der Waals surface area contributed by atoms with Crippen LogP contribution in [0.4, 0.5) is 8.78 Å². The molecule has 0 N–H and O–H groups in total. The van der Waals surface area contributed by atoms with Gasteiger partial charge in [0.05, 0.1) is 24.0 Å². The summed E-state index contributed by atoms with van der Waals surface area (Å²) in [6, 6.07) is 14.3. The number of benzene rings is 3. The first kappa shape index (κ1) is 24.1. The zero-order chi connectivity index (χ0) is 23.9. The third-order valence-corrected chi connectivity index (χ3v) is 6.16. The molecule has 3 aromatic carbocycles. The highest BCUT2D eigenvalue weighted by Crippen LogP contribution is 2.25. The summed E-state index contributed by atoms with van der Waals surface area (Å²) in [6.07, 6.45) is 8.00. The fourth-order valence-corrected chi connectivity index (χ4v) is 3.96. The molecule has 0 aliphatic carbocycles. The Balaban J connectivity index is 1.38. The molecule has 0 aliphatic heterocycles. The number of fused-ring (bicyclic) bond motifs is 1. The summed E-state index contributed by atoms with van der Waals surface area (Å²) in [5.41, 5.74) is 2.51. The summed E-state index contributed by atoms with van der Waals surface area (Å²) in [5, 5.41) is 1.54. The summed E-state index contributed by atoms with van der Waals surface area (Å²) >= 11 is 5.74. The second-order valence-corrected chi connectivity index (χ2v) is 8.79. The van der Waals surface area contributed by atoms with Gasteiger partial charge in [0.25, 0.3) is 0 Å². The lowest BCUT2D eigenvalue weighted by Gasteiger charge is -2.09. The van der Waals surface area contributed by atoms with E-state index in [9.17, 15) is 4.39 Å². The molecule has 6 heteroatoms. The van der Waals surface area contributed by atoms with E-state index in [4.69, 9.17) is 16.3 Å². The van der Waals surface area contributed by atoms with E-state index in [0.717, 1.165) is 41.6 Å². The number of aryl methyl sites for hydroxylation is 4. The lowest BCUT2D eigenvalue weighted by molar-refractivity contribution is 0.306. The van der Waals surface area contributed by atoms with Crippen LogP contribution >= 0.6 is 11.6 Å². The highest BCUT2D eigenvalue weighted by atomic mass is 35.5. The average Bonchev–Trinajstić information content (AvgIpc) is 2.85. The van der Waals surface area contributed by atoms with Crippen molar-refractivity contribution in [2.24, 2.45) is 0 Å². The van der Waals surface area contributed by atoms with Gasteiger partial charge in [-0.2, -0.15) is 0 Å². The number of unbranched alkanes of at least 4 members (excludes halogenated alkanes) is 1. The van der Waals surface area contributed by atoms with Crippen LogP contribution < -0.4 is 4.74 Å². The molecule has 4 rings (SSSR count). The van der Waals surface area contributed by atoms with Crippen LogP contribution in [0.2, 0.25) is 5.02 Å². The van der Waals surface area contributed by atoms with Gasteiger partial charge in [0.2, 0.25) is 0 Å². The first-order valence-corrected chi connectivity index (χ1v) is 12.0. The minimum atomic E-state index is -0.452. The van der Waals surface area contributed by atoms with E-state index in [1.807, 2.05) is 30.3 Å². The van der Waals surface area contributed by atoms with Crippen molar-refractivity contribution in [1.82, 2.24) is 9.97 Å². The monoisotopic (exact) mass is 480 g/mol. The lowest BCUT2D eigenvalue weighted by atomic mass is 9.98. The normalized spacial score (nSPS) is 11.2. The van der Waals surface area contributed by atoms with Gasteiger partial charge in [0.15, 0.2) is 5.75 Å². The minimum absolute atomic E-state index is 0.0939. The van der Waals surface area contributed by atoms with Crippen molar-refractivity contribution < 1.29 is 13.5 Å². The van der Waals surface area contributed by atoms with Crippen LogP contribution in [0.5, 0.6) is 5.75 Å². The topological polar surface area (TPSA) is 35.0 Å². The Labute approximate surface area is 203 Å². The molecular formula is C28H27ClF2N2O. The fraction of sp³-hybridized carbons (Fsp3) is 0.286. The fourth-order valence-electron chi connectivity index (χ4n) is 3.85. The largest absolute Gasteiger partial charge is 0.490 e. The third-order valence-electron chi connectivity index (χ3n) is 5.85. The Morgan fingerprint density at radius 3 is 2.35 bits per heavy atom. The van der Waals surface area contributed by atoms with Crippen LogP contribution in [0.15, 0.2) is 60.9 Å². The first-order chi connectivity index (χ1) is 16.5. The maximum absolute atomic E-state index is 15.1. The molecule has 3 nitrogen and oxygen atoms in total. The van der Waals surface area contributed by atoms with Crippen LogP contribution in [0.1, 0.15) is 42.3 Å². The van der Waals surface area contributed by atoms with Gasteiger partial charge < -0.3 is 4.74 Å². The summed E-state index contributed by atoms with van der Waals surface area (Å²) in [7, 11) is 0. The van der Waals surface area contributed by atoms with Gasteiger partial charge in [-0.15, -0.1) is 0 Å². The van der Waals surface area contributed by atoms with Crippen molar-refractivity contribution in [3.8, 4) is 5.75 Å². The van der Waals surface area contributed by atoms with E-state index in [0.29, 0.717) is 42.6 Å². The van der Waals surface area contributed by atoms with Crippen LogP contribution in [-0.4, -0.2) is 16.6 Å². The molecule has 0 atom stereocenters. The maximum atomic E-state index is 15.1. The molecular weight excluding hydrogens is 454 g/mol. The highest BCUT2D eigenvalue weighted by Gasteiger charge is 2.10. The van der Waals surface area contributed by atoms with Crippen molar-refractivity contribution >= 4 is 22.4 Å². The second kappa shape index (κ2) is 11.4. The van der Waals surface area contributed by atoms with Gasteiger partial charge in [-0.25, -0.2) is 18.7 Å². The Morgan fingerprint density at radius 1 is 0.853 bits per heavy atom. The molecule has 1 aromatic heterocycles. The zero-order valence-corrected chi connectivity index (χ0v) is 19.9. The summed E-state index contributed by atoms with van der Waals surface area (Å²) < 4.78 is 34.4. The van der Waals surface area contributed by atoms with Crippen LogP contribution in [0.3, 0.4) is 0 Å². The zero-order valence-electron chi connectivity index (χ0n) is 19.2. The first-order valence-electron chi connectivity index (χ1n) is 11.6.